The molecule has 3 nitrogen and oxygen atoms in total. The van der Waals surface area contributed by atoms with Crippen molar-refractivity contribution in [2.24, 2.45) is 0 Å². The fraction of sp³-hybridized carbons (Fsp3) is 0.571. The van der Waals surface area contributed by atoms with Crippen LogP contribution in [0.3, 0.4) is 0 Å². The molecule has 0 saturated heterocycles. The highest BCUT2D eigenvalue weighted by Gasteiger charge is 2.01. The van der Waals surface area contributed by atoms with Gasteiger partial charge in [0.25, 0.3) is 0 Å². The first-order valence-corrected chi connectivity index (χ1v) is 6.14. The van der Waals surface area contributed by atoms with Crippen LogP contribution in [0.5, 0.6) is 0 Å². The average molecular weight is 237 g/mol. The van der Waals surface area contributed by atoms with Gasteiger partial charge in [0, 0.05) is 26.3 Å². The van der Waals surface area contributed by atoms with E-state index >= 15 is 0 Å². The lowest BCUT2D eigenvalue weighted by Crippen LogP contribution is -2.30. The third-order valence-corrected chi connectivity index (χ3v) is 2.53. The van der Waals surface area contributed by atoms with Crippen LogP contribution in [0.1, 0.15) is 25.0 Å². The fourth-order valence-electron chi connectivity index (χ4n) is 1.64. The van der Waals surface area contributed by atoms with Crippen LogP contribution < -0.4 is 5.32 Å². The number of ether oxygens (including phenoxy) is 2. The molecule has 1 aromatic rings. The molecule has 3 heteroatoms. The molecular formula is C14H23NO2. The molecule has 1 aromatic carbocycles. The standard InChI is InChI=1S/C14H23NO2/c1-4-17-10-12(2)15-9-13-6-5-7-14(8-13)11-16-3/h5-8,12,15H,4,9-11H2,1-3H3. The van der Waals surface area contributed by atoms with E-state index in [4.69, 9.17) is 9.47 Å². The minimum absolute atomic E-state index is 0.376. The second-order valence-corrected chi connectivity index (χ2v) is 4.19. The van der Waals surface area contributed by atoms with Crippen LogP contribution in [0.2, 0.25) is 0 Å². The Hall–Kier alpha value is -0.900. The molecule has 0 aliphatic heterocycles. The molecule has 0 aliphatic carbocycles. The summed E-state index contributed by atoms with van der Waals surface area (Å²) in [6.45, 7) is 7.22. The second kappa shape index (κ2) is 8.23. The van der Waals surface area contributed by atoms with E-state index in [9.17, 15) is 0 Å². The van der Waals surface area contributed by atoms with Crippen LogP contribution in [-0.2, 0) is 22.6 Å². The molecule has 0 heterocycles. The van der Waals surface area contributed by atoms with E-state index in [2.05, 4.69) is 36.5 Å². The van der Waals surface area contributed by atoms with Crippen molar-refractivity contribution < 1.29 is 9.47 Å². The van der Waals surface area contributed by atoms with Crippen LogP contribution in [0, 0.1) is 0 Å². The molecule has 1 rings (SSSR count). The van der Waals surface area contributed by atoms with Crippen molar-refractivity contribution in [2.75, 3.05) is 20.3 Å². The Morgan fingerprint density at radius 3 is 2.76 bits per heavy atom. The smallest absolute Gasteiger partial charge is 0.0713 e. The first-order valence-electron chi connectivity index (χ1n) is 6.14. The van der Waals surface area contributed by atoms with Crippen molar-refractivity contribution in [3.63, 3.8) is 0 Å². The van der Waals surface area contributed by atoms with E-state index in [0.717, 1.165) is 19.8 Å². The van der Waals surface area contributed by atoms with Gasteiger partial charge in [-0.05, 0) is 25.0 Å². The largest absolute Gasteiger partial charge is 0.380 e. The van der Waals surface area contributed by atoms with Gasteiger partial charge in [-0.1, -0.05) is 24.3 Å². The van der Waals surface area contributed by atoms with Crippen molar-refractivity contribution in [1.82, 2.24) is 5.32 Å². The summed E-state index contributed by atoms with van der Waals surface area (Å²) >= 11 is 0. The summed E-state index contributed by atoms with van der Waals surface area (Å²) in [5.41, 5.74) is 2.49. The van der Waals surface area contributed by atoms with Crippen molar-refractivity contribution >= 4 is 0 Å². The van der Waals surface area contributed by atoms with E-state index in [1.165, 1.54) is 11.1 Å². The molecule has 1 unspecified atom stereocenters. The van der Waals surface area contributed by atoms with Gasteiger partial charge < -0.3 is 14.8 Å². The maximum Gasteiger partial charge on any atom is 0.0713 e. The van der Waals surface area contributed by atoms with Gasteiger partial charge >= 0.3 is 0 Å². The van der Waals surface area contributed by atoms with Gasteiger partial charge in [0.15, 0.2) is 0 Å². The summed E-state index contributed by atoms with van der Waals surface area (Å²) in [5, 5.41) is 3.44. The molecule has 0 fully saturated rings. The predicted octanol–water partition coefficient (Wildman–Crippen LogP) is 2.35. The molecule has 0 aromatic heterocycles. The summed E-state index contributed by atoms with van der Waals surface area (Å²) in [7, 11) is 1.72. The zero-order valence-corrected chi connectivity index (χ0v) is 11.0. The summed E-state index contributed by atoms with van der Waals surface area (Å²) in [4.78, 5) is 0. The molecule has 0 amide bonds. The first-order chi connectivity index (χ1) is 8.26. The Balaban J connectivity index is 2.37. The summed E-state index contributed by atoms with van der Waals surface area (Å²) in [6, 6.07) is 8.82. The lowest BCUT2D eigenvalue weighted by molar-refractivity contribution is 0.127. The highest BCUT2D eigenvalue weighted by Crippen LogP contribution is 2.06. The van der Waals surface area contributed by atoms with Crippen LogP contribution in [0.4, 0.5) is 0 Å². The number of methoxy groups -OCH3 is 1. The SMILES string of the molecule is CCOCC(C)NCc1cccc(COC)c1. The Kier molecular flexibility index (Phi) is 6.86. The Morgan fingerprint density at radius 2 is 2.06 bits per heavy atom. The molecule has 17 heavy (non-hydrogen) atoms. The van der Waals surface area contributed by atoms with E-state index in [0.29, 0.717) is 12.6 Å². The molecule has 1 atom stereocenters. The first kappa shape index (κ1) is 14.2. The summed E-state index contributed by atoms with van der Waals surface area (Å²) < 4.78 is 10.5. The molecule has 0 bridgehead atoms. The summed E-state index contributed by atoms with van der Waals surface area (Å²) in [5.74, 6) is 0. The normalized spacial score (nSPS) is 12.6. The maximum atomic E-state index is 5.36. The molecule has 0 aliphatic rings. The molecule has 0 radical (unpaired) electrons. The topological polar surface area (TPSA) is 30.5 Å². The van der Waals surface area contributed by atoms with Gasteiger partial charge in [0.1, 0.15) is 0 Å². The van der Waals surface area contributed by atoms with Crippen molar-refractivity contribution in [1.29, 1.82) is 0 Å². The van der Waals surface area contributed by atoms with Crippen molar-refractivity contribution in [3.8, 4) is 0 Å². The monoisotopic (exact) mass is 237 g/mol. The third-order valence-electron chi connectivity index (χ3n) is 2.53. The molecular weight excluding hydrogens is 214 g/mol. The van der Waals surface area contributed by atoms with Gasteiger partial charge in [-0.3, -0.25) is 0 Å². The number of hydrogen-bond donors (Lipinski definition) is 1. The van der Waals surface area contributed by atoms with E-state index in [1.807, 2.05) is 6.92 Å². The highest BCUT2D eigenvalue weighted by atomic mass is 16.5. The number of benzene rings is 1. The predicted molar refractivity (Wildman–Crippen MR) is 69.9 cm³/mol. The summed E-state index contributed by atoms with van der Waals surface area (Å²) in [6.07, 6.45) is 0. The highest BCUT2D eigenvalue weighted by molar-refractivity contribution is 5.22. The van der Waals surface area contributed by atoms with Crippen LogP contribution in [-0.4, -0.2) is 26.4 Å². The van der Waals surface area contributed by atoms with Gasteiger partial charge in [-0.2, -0.15) is 0 Å². The van der Waals surface area contributed by atoms with Gasteiger partial charge in [0.05, 0.1) is 13.2 Å². The Bertz CT molecular complexity index is 315. The van der Waals surface area contributed by atoms with Crippen LogP contribution in [0.15, 0.2) is 24.3 Å². The zero-order valence-electron chi connectivity index (χ0n) is 11.0. The number of rotatable bonds is 8. The number of nitrogens with one attached hydrogen (secondary N) is 1. The van der Waals surface area contributed by atoms with Crippen molar-refractivity contribution in [3.05, 3.63) is 35.4 Å². The quantitative estimate of drug-likeness (QED) is 0.753. The van der Waals surface area contributed by atoms with Crippen LogP contribution >= 0.6 is 0 Å². The minimum atomic E-state index is 0.376. The van der Waals surface area contributed by atoms with Gasteiger partial charge in [0.2, 0.25) is 0 Å². The number of hydrogen-bond acceptors (Lipinski definition) is 3. The Labute approximate surface area is 104 Å². The van der Waals surface area contributed by atoms with Gasteiger partial charge in [-0.15, -0.1) is 0 Å². The molecule has 96 valence electrons. The van der Waals surface area contributed by atoms with E-state index in [-0.39, 0.29) is 0 Å². The van der Waals surface area contributed by atoms with E-state index in [1.54, 1.807) is 7.11 Å². The van der Waals surface area contributed by atoms with E-state index < -0.39 is 0 Å². The second-order valence-electron chi connectivity index (χ2n) is 4.19. The lowest BCUT2D eigenvalue weighted by Gasteiger charge is -2.14. The third kappa shape index (κ3) is 5.82. The zero-order chi connectivity index (χ0) is 12.5. The molecule has 0 saturated carbocycles. The minimum Gasteiger partial charge on any atom is -0.380 e. The molecule has 1 N–H and O–H groups in total. The fourth-order valence-corrected chi connectivity index (χ4v) is 1.64. The average Bonchev–Trinajstić information content (AvgIpc) is 2.35. The van der Waals surface area contributed by atoms with Crippen molar-refractivity contribution in [2.45, 2.75) is 33.0 Å². The van der Waals surface area contributed by atoms with Gasteiger partial charge in [-0.25, -0.2) is 0 Å². The Morgan fingerprint density at radius 1 is 1.29 bits per heavy atom. The maximum absolute atomic E-state index is 5.36. The lowest BCUT2D eigenvalue weighted by atomic mass is 10.1. The molecule has 0 spiro atoms. The van der Waals surface area contributed by atoms with Crippen LogP contribution in [0.25, 0.3) is 0 Å².